The standard InChI is InChI=1S/C12H23NO3/c1-4-16-8-10-7-13(6-5-11(14)15)9-12(10,2)3/h10H,4-9H2,1-3H3,(H,14,15). The van der Waals surface area contributed by atoms with Gasteiger partial charge in [-0.3, -0.25) is 4.79 Å². The van der Waals surface area contributed by atoms with Gasteiger partial charge in [0.1, 0.15) is 0 Å². The lowest BCUT2D eigenvalue weighted by Gasteiger charge is -2.25. The Morgan fingerprint density at radius 2 is 2.25 bits per heavy atom. The number of nitrogens with zero attached hydrogens (tertiary/aromatic N) is 1. The molecular weight excluding hydrogens is 206 g/mol. The molecule has 94 valence electrons. The fraction of sp³-hybridized carbons (Fsp3) is 0.917. The Hall–Kier alpha value is -0.610. The van der Waals surface area contributed by atoms with Gasteiger partial charge in [-0.2, -0.15) is 0 Å². The van der Waals surface area contributed by atoms with Crippen molar-refractivity contribution in [3.8, 4) is 0 Å². The molecule has 1 aliphatic heterocycles. The van der Waals surface area contributed by atoms with Gasteiger partial charge in [0.2, 0.25) is 0 Å². The maximum absolute atomic E-state index is 10.5. The van der Waals surface area contributed by atoms with E-state index in [0.717, 1.165) is 26.3 Å². The molecule has 4 nitrogen and oxygen atoms in total. The zero-order valence-corrected chi connectivity index (χ0v) is 10.5. The number of hydrogen-bond acceptors (Lipinski definition) is 3. The van der Waals surface area contributed by atoms with Crippen LogP contribution in [0, 0.1) is 11.3 Å². The summed E-state index contributed by atoms with van der Waals surface area (Å²) in [6, 6.07) is 0. The lowest BCUT2D eigenvalue weighted by molar-refractivity contribution is -0.137. The number of likely N-dealkylation sites (tertiary alicyclic amines) is 1. The molecule has 0 aromatic rings. The van der Waals surface area contributed by atoms with Crippen molar-refractivity contribution in [3.05, 3.63) is 0 Å². The second-order valence-corrected chi connectivity index (χ2v) is 5.22. The molecule has 0 saturated carbocycles. The average Bonchev–Trinajstić information content (AvgIpc) is 2.47. The first-order valence-corrected chi connectivity index (χ1v) is 5.97. The Bertz CT molecular complexity index is 240. The first-order chi connectivity index (χ1) is 7.45. The minimum absolute atomic E-state index is 0.230. The highest BCUT2D eigenvalue weighted by atomic mass is 16.5. The number of rotatable bonds is 6. The van der Waals surface area contributed by atoms with Gasteiger partial charge in [-0.1, -0.05) is 13.8 Å². The van der Waals surface area contributed by atoms with E-state index < -0.39 is 5.97 Å². The van der Waals surface area contributed by atoms with Crippen molar-refractivity contribution in [2.45, 2.75) is 27.2 Å². The second-order valence-electron chi connectivity index (χ2n) is 5.22. The highest BCUT2D eigenvalue weighted by Gasteiger charge is 2.38. The fourth-order valence-electron chi connectivity index (χ4n) is 2.29. The number of carboxylic acid groups (broad SMARTS) is 1. The van der Waals surface area contributed by atoms with E-state index in [9.17, 15) is 4.79 Å². The van der Waals surface area contributed by atoms with Crippen LogP contribution in [0.15, 0.2) is 0 Å². The third kappa shape index (κ3) is 3.76. The van der Waals surface area contributed by atoms with Crippen LogP contribution in [0.2, 0.25) is 0 Å². The summed E-state index contributed by atoms with van der Waals surface area (Å²) in [6.45, 7) is 10.6. The van der Waals surface area contributed by atoms with Crippen molar-refractivity contribution < 1.29 is 14.6 Å². The minimum atomic E-state index is -0.717. The number of carboxylic acids is 1. The largest absolute Gasteiger partial charge is 0.481 e. The van der Waals surface area contributed by atoms with E-state index in [1.54, 1.807) is 0 Å². The number of aliphatic carboxylic acids is 1. The van der Waals surface area contributed by atoms with Gasteiger partial charge in [-0.05, 0) is 12.3 Å². The smallest absolute Gasteiger partial charge is 0.304 e. The van der Waals surface area contributed by atoms with E-state index >= 15 is 0 Å². The highest BCUT2D eigenvalue weighted by molar-refractivity contribution is 5.66. The molecule has 1 atom stereocenters. The summed E-state index contributed by atoms with van der Waals surface area (Å²) in [5.41, 5.74) is 0.230. The summed E-state index contributed by atoms with van der Waals surface area (Å²) in [4.78, 5) is 12.8. The molecule has 0 radical (unpaired) electrons. The maximum Gasteiger partial charge on any atom is 0.304 e. The van der Waals surface area contributed by atoms with Gasteiger partial charge in [0.05, 0.1) is 13.0 Å². The van der Waals surface area contributed by atoms with Gasteiger partial charge < -0.3 is 14.7 Å². The lowest BCUT2D eigenvalue weighted by Crippen LogP contribution is -2.26. The summed E-state index contributed by atoms with van der Waals surface area (Å²) in [5.74, 6) is -0.202. The Kier molecular flexibility index (Phi) is 4.74. The van der Waals surface area contributed by atoms with Crippen LogP contribution in [0.5, 0.6) is 0 Å². The van der Waals surface area contributed by atoms with Crippen LogP contribution in [0.3, 0.4) is 0 Å². The predicted molar refractivity (Wildman–Crippen MR) is 62.5 cm³/mol. The summed E-state index contributed by atoms with van der Waals surface area (Å²) in [7, 11) is 0. The number of ether oxygens (including phenoxy) is 1. The number of carbonyl (C=O) groups is 1. The summed E-state index contributed by atoms with van der Waals surface area (Å²) < 4.78 is 5.48. The van der Waals surface area contributed by atoms with Gasteiger partial charge >= 0.3 is 5.97 Å². The summed E-state index contributed by atoms with van der Waals surface area (Å²) in [5, 5.41) is 8.66. The van der Waals surface area contributed by atoms with Crippen LogP contribution in [-0.4, -0.2) is 48.8 Å². The molecule has 0 aromatic carbocycles. The topological polar surface area (TPSA) is 49.8 Å². The van der Waals surface area contributed by atoms with E-state index in [1.165, 1.54) is 0 Å². The Morgan fingerprint density at radius 1 is 1.56 bits per heavy atom. The molecule has 0 amide bonds. The van der Waals surface area contributed by atoms with Crippen molar-refractivity contribution in [2.75, 3.05) is 32.8 Å². The van der Waals surface area contributed by atoms with Gasteiger partial charge in [0, 0.05) is 32.2 Å². The molecule has 1 N–H and O–H groups in total. The van der Waals surface area contributed by atoms with Gasteiger partial charge in [-0.15, -0.1) is 0 Å². The van der Waals surface area contributed by atoms with Crippen molar-refractivity contribution >= 4 is 5.97 Å². The predicted octanol–water partition coefficient (Wildman–Crippen LogP) is 1.46. The van der Waals surface area contributed by atoms with Crippen LogP contribution in [0.1, 0.15) is 27.2 Å². The fourth-order valence-corrected chi connectivity index (χ4v) is 2.29. The monoisotopic (exact) mass is 229 g/mol. The van der Waals surface area contributed by atoms with Crippen LogP contribution in [-0.2, 0) is 9.53 Å². The first-order valence-electron chi connectivity index (χ1n) is 5.97. The molecule has 0 aliphatic carbocycles. The molecule has 0 spiro atoms. The van der Waals surface area contributed by atoms with E-state index in [-0.39, 0.29) is 11.8 Å². The summed E-state index contributed by atoms with van der Waals surface area (Å²) >= 11 is 0. The third-order valence-electron chi connectivity index (χ3n) is 3.38. The molecule has 1 fully saturated rings. The SMILES string of the molecule is CCOCC1CN(CCC(=O)O)CC1(C)C. The molecule has 1 saturated heterocycles. The lowest BCUT2D eigenvalue weighted by atomic mass is 9.83. The Balaban J connectivity index is 2.40. The molecule has 0 bridgehead atoms. The van der Waals surface area contributed by atoms with Gasteiger partial charge in [-0.25, -0.2) is 0 Å². The van der Waals surface area contributed by atoms with Crippen molar-refractivity contribution in [1.29, 1.82) is 0 Å². The third-order valence-corrected chi connectivity index (χ3v) is 3.38. The van der Waals surface area contributed by atoms with E-state index in [0.29, 0.717) is 12.5 Å². The average molecular weight is 229 g/mol. The molecule has 16 heavy (non-hydrogen) atoms. The molecule has 1 heterocycles. The molecule has 1 rings (SSSR count). The Labute approximate surface area is 97.6 Å². The molecule has 0 aromatic heterocycles. The highest BCUT2D eigenvalue weighted by Crippen LogP contribution is 2.35. The van der Waals surface area contributed by atoms with Crippen LogP contribution in [0.25, 0.3) is 0 Å². The van der Waals surface area contributed by atoms with Crippen LogP contribution in [0.4, 0.5) is 0 Å². The van der Waals surface area contributed by atoms with E-state index in [1.807, 2.05) is 6.92 Å². The first kappa shape index (κ1) is 13.5. The number of hydrogen-bond donors (Lipinski definition) is 1. The van der Waals surface area contributed by atoms with Gasteiger partial charge in [0.15, 0.2) is 0 Å². The second kappa shape index (κ2) is 5.64. The maximum atomic E-state index is 10.5. The molecule has 1 aliphatic rings. The van der Waals surface area contributed by atoms with E-state index in [2.05, 4.69) is 18.7 Å². The molecular formula is C12H23NO3. The van der Waals surface area contributed by atoms with Crippen molar-refractivity contribution in [2.24, 2.45) is 11.3 Å². The zero-order chi connectivity index (χ0) is 12.2. The summed E-state index contributed by atoms with van der Waals surface area (Å²) in [6.07, 6.45) is 0.234. The van der Waals surface area contributed by atoms with Gasteiger partial charge in [0.25, 0.3) is 0 Å². The zero-order valence-electron chi connectivity index (χ0n) is 10.5. The Morgan fingerprint density at radius 3 is 2.81 bits per heavy atom. The molecule has 4 heteroatoms. The normalized spacial score (nSPS) is 24.8. The van der Waals surface area contributed by atoms with Crippen molar-refractivity contribution in [3.63, 3.8) is 0 Å². The van der Waals surface area contributed by atoms with Crippen LogP contribution < -0.4 is 0 Å². The van der Waals surface area contributed by atoms with E-state index in [4.69, 9.17) is 9.84 Å². The minimum Gasteiger partial charge on any atom is -0.481 e. The molecule has 1 unspecified atom stereocenters. The van der Waals surface area contributed by atoms with Crippen LogP contribution >= 0.6 is 0 Å². The van der Waals surface area contributed by atoms with Crippen molar-refractivity contribution in [1.82, 2.24) is 4.90 Å². The quantitative estimate of drug-likeness (QED) is 0.749.